The van der Waals surface area contributed by atoms with Crippen molar-refractivity contribution in [2.45, 2.75) is 40.3 Å². The third-order valence-electron chi connectivity index (χ3n) is 5.19. The summed E-state index contributed by atoms with van der Waals surface area (Å²) in [7, 11) is 0. The summed E-state index contributed by atoms with van der Waals surface area (Å²) in [5.41, 5.74) is 7.91. The highest BCUT2D eigenvalue weighted by molar-refractivity contribution is 5.91. The molecule has 2 aromatic rings. The Morgan fingerprint density at radius 1 is 1.17 bits per heavy atom. The van der Waals surface area contributed by atoms with Crippen LogP contribution in [-0.4, -0.2) is 41.3 Å². The largest absolute Gasteiger partial charge is 0.383 e. The van der Waals surface area contributed by atoms with Gasteiger partial charge in [0.2, 0.25) is 5.91 Å². The smallest absolute Gasteiger partial charge is 0.333 e. The number of aryl methyl sites for hydroxylation is 2. The summed E-state index contributed by atoms with van der Waals surface area (Å²) >= 11 is 0. The van der Waals surface area contributed by atoms with Crippen molar-refractivity contribution < 1.29 is 9.53 Å². The Morgan fingerprint density at radius 2 is 1.87 bits per heavy atom. The zero-order chi connectivity index (χ0) is 21.8. The second-order valence-electron chi connectivity index (χ2n) is 7.53. The molecule has 1 aromatic heterocycles. The number of benzene rings is 1. The molecule has 1 aliphatic heterocycles. The van der Waals surface area contributed by atoms with E-state index in [4.69, 9.17) is 10.5 Å². The van der Waals surface area contributed by atoms with Gasteiger partial charge in [-0.2, -0.15) is 0 Å². The predicted molar refractivity (Wildman–Crippen MR) is 117 cm³/mol. The normalized spacial score (nSPS) is 14.0. The van der Waals surface area contributed by atoms with Crippen LogP contribution in [0.4, 0.5) is 17.2 Å². The van der Waals surface area contributed by atoms with Crippen LogP contribution < -0.4 is 27.2 Å². The predicted octanol–water partition coefficient (Wildman–Crippen LogP) is 1.09. The number of ether oxygens (including phenoxy) is 1. The minimum Gasteiger partial charge on any atom is -0.383 e. The minimum absolute atomic E-state index is 0.139. The van der Waals surface area contributed by atoms with Gasteiger partial charge in [-0.25, -0.2) is 9.36 Å². The molecule has 0 radical (unpaired) electrons. The van der Waals surface area contributed by atoms with Crippen molar-refractivity contribution in [1.82, 2.24) is 9.13 Å². The fraction of sp³-hybridized carbons (Fsp3) is 0.476. The Labute approximate surface area is 175 Å². The second kappa shape index (κ2) is 9.17. The standard InChI is InChI=1S/C21H29N5O4/c1-4-7-25-19(22)18(24-8-10-30-11-9-24)20(28)26(21(25)29)13-17(27)23-16-12-14(2)5-6-15(16)3/h5-6,12H,4,7-11,13,22H2,1-3H3,(H,23,27). The lowest BCUT2D eigenvalue weighted by Gasteiger charge is -2.30. The van der Waals surface area contributed by atoms with Gasteiger partial charge in [0.05, 0.1) is 13.2 Å². The van der Waals surface area contributed by atoms with Crippen LogP contribution in [-0.2, 0) is 22.6 Å². The molecule has 3 N–H and O–H groups in total. The maximum Gasteiger partial charge on any atom is 0.333 e. The van der Waals surface area contributed by atoms with Gasteiger partial charge >= 0.3 is 5.69 Å². The summed E-state index contributed by atoms with van der Waals surface area (Å²) < 4.78 is 7.70. The van der Waals surface area contributed by atoms with Crippen molar-refractivity contribution in [3.63, 3.8) is 0 Å². The lowest BCUT2D eigenvalue weighted by atomic mass is 10.1. The van der Waals surface area contributed by atoms with E-state index >= 15 is 0 Å². The van der Waals surface area contributed by atoms with Crippen LogP contribution in [0.25, 0.3) is 0 Å². The number of rotatable bonds is 6. The lowest BCUT2D eigenvalue weighted by molar-refractivity contribution is -0.116. The molecular weight excluding hydrogens is 386 g/mol. The Balaban J connectivity index is 1.99. The minimum atomic E-state index is -0.576. The van der Waals surface area contributed by atoms with Crippen molar-refractivity contribution in [3.05, 3.63) is 50.2 Å². The van der Waals surface area contributed by atoms with Crippen molar-refractivity contribution in [2.75, 3.05) is 42.3 Å². The number of hydrogen-bond donors (Lipinski definition) is 2. The second-order valence-corrected chi connectivity index (χ2v) is 7.53. The molecule has 30 heavy (non-hydrogen) atoms. The number of hydrogen-bond acceptors (Lipinski definition) is 6. The molecule has 0 unspecified atom stereocenters. The molecule has 0 bridgehead atoms. The summed E-state index contributed by atoms with van der Waals surface area (Å²) in [6.45, 7) is 7.65. The SMILES string of the molecule is CCCn1c(N)c(N2CCOCC2)c(=O)n(CC(=O)Nc2cc(C)ccc2C)c1=O. The lowest BCUT2D eigenvalue weighted by Crippen LogP contribution is -2.48. The first-order chi connectivity index (χ1) is 14.3. The highest BCUT2D eigenvalue weighted by atomic mass is 16.5. The Kier molecular flexibility index (Phi) is 6.61. The molecule has 0 aliphatic carbocycles. The van der Waals surface area contributed by atoms with Gasteiger partial charge in [0.1, 0.15) is 18.1 Å². The van der Waals surface area contributed by atoms with Crippen LogP contribution in [0.3, 0.4) is 0 Å². The quantitative estimate of drug-likeness (QED) is 0.731. The topological polar surface area (TPSA) is 112 Å². The highest BCUT2D eigenvalue weighted by Gasteiger charge is 2.24. The van der Waals surface area contributed by atoms with Gasteiger partial charge in [0, 0.05) is 25.3 Å². The van der Waals surface area contributed by atoms with Crippen LogP contribution in [0.2, 0.25) is 0 Å². The number of carbonyl (C=O) groups excluding carboxylic acids is 1. The Bertz CT molecular complexity index is 1050. The summed E-state index contributed by atoms with van der Waals surface area (Å²) in [5, 5.41) is 2.81. The van der Waals surface area contributed by atoms with E-state index in [0.29, 0.717) is 45.0 Å². The number of aromatic nitrogens is 2. The van der Waals surface area contributed by atoms with E-state index in [2.05, 4.69) is 5.32 Å². The van der Waals surface area contributed by atoms with Crippen molar-refractivity contribution in [1.29, 1.82) is 0 Å². The first kappa shape index (κ1) is 21.6. The maximum atomic E-state index is 13.2. The first-order valence-corrected chi connectivity index (χ1v) is 10.2. The van der Waals surface area contributed by atoms with E-state index in [9.17, 15) is 14.4 Å². The number of nitrogens with one attached hydrogen (secondary N) is 1. The molecule has 0 saturated carbocycles. The summed E-state index contributed by atoms with van der Waals surface area (Å²) in [4.78, 5) is 40.7. The van der Waals surface area contributed by atoms with Crippen LogP contribution in [0.15, 0.2) is 27.8 Å². The van der Waals surface area contributed by atoms with Crippen LogP contribution in [0.5, 0.6) is 0 Å². The maximum absolute atomic E-state index is 13.2. The van der Waals surface area contributed by atoms with Gasteiger partial charge in [-0.3, -0.25) is 14.2 Å². The number of carbonyl (C=O) groups is 1. The third kappa shape index (κ3) is 4.40. The molecule has 9 heteroatoms. The Morgan fingerprint density at radius 3 is 2.53 bits per heavy atom. The average Bonchev–Trinajstić information content (AvgIpc) is 2.72. The average molecular weight is 415 g/mol. The molecule has 1 amide bonds. The van der Waals surface area contributed by atoms with E-state index in [1.165, 1.54) is 4.57 Å². The number of nitrogens with zero attached hydrogens (tertiary/aromatic N) is 3. The van der Waals surface area contributed by atoms with Crippen LogP contribution >= 0.6 is 0 Å². The van der Waals surface area contributed by atoms with Crippen LogP contribution in [0, 0.1) is 13.8 Å². The monoisotopic (exact) mass is 415 g/mol. The fourth-order valence-electron chi connectivity index (χ4n) is 3.57. The number of nitrogen functional groups attached to an aromatic ring is 1. The van der Waals surface area contributed by atoms with E-state index < -0.39 is 17.2 Å². The number of anilines is 3. The zero-order valence-electron chi connectivity index (χ0n) is 17.7. The van der Waals surface area contributed by atoms with Crippen molar-refractivity contribution in [2.24, 2.45) is 0 Å². The fourth-order valence-corrected chi connectivity index (χ4v) is 3.57. The van der Waals surface area contributed by atoms with Crippen molar-refractivity contribution >= 4 is 23.1 Å². The van der Waals surface area contributed by atoms with Gasteiger partial charge < -0.3 is 20.7 Å². The molecule has 9 nitrogen and oxygen atoms in total. The molecular formula is C21H29N5O4. The summed E-state index contributed by atoms with van der Waals surface area (Å²) in [5.74, 6) is -0.302. The molecule has 1 aromatic carbocycles. The van der Waals surface area contributed by atoms with E-state index in [1.807, 2.05) is 43.9 Å². The summed E-state index contributed by atoms with van der Waals surface area (Å²) in [6.07, 6.45) is 0.666. The molecule has 162 valence electrons. The van der Waals surface area contributed by atoms with E-state index in [1.54, 1.807) is 0 Å². The molecule has 1 aliphatic rings. The molecule has 2 heterocycles. The van der Waals surface area contributed by atoms with E-state index in [-0.39, 0.29) is 18.1 Å². The third-order valence-corrected chi connectivity index (χ3v) is 5.19. The van der Waals surface area contributed by atoms with Gasteiger partial charge in [-0.1, -0.05) is 19.1 Å². The summed E-state index contributed by atoms with van der Waals surface area (Å²) in [6, 6.07) is 5.71. The molecule has 1 saturated heterocycles. The zero-order valence-corrected chi connectivity index (χ0v) is 17.7. The van der Waals surface area contributed by atoms with Gasteiger partial charge in [-0.05, 0) is 37.5 Å². The van der Waals surface area contributed by atoms with Gasteiger partial charge in [0.15, 0.2) is 0 Å². The number of morpholine rings is 1. The van der Waals surface area contributed by atoms with E-state index in [0.717, 1.165) is 15.7 Å². The van der Waals surface area contributed by atoms with Crippen LogP contribution in [0.1, 0.15) is 24.5 Å². The molecule has 0 spiro atoms. The van der Waals surface area contributed by atoms with Crippen molar-refractivity contribution in [3.8, 4) is 0 Å². The highest BCUT2D eigenvalue weighted by Crippen LogP contribution is 2.19. The van der Waals surface area contributed by atoms with Gasteiger partial charge in [-0.15, -0.1) is 0 Å². The number of amides is 1. The number of nitrogens with two attached hydrogens (primary N) is 1. The Hall–Kier alpha value is -3.07. The first-order valence-electron chi connectivity index (χ1n) is 10.2. The van der Waals surface area contributed by atoms with Gasteiger partial charge in [0.25, 0.3) is 5.56 Å². The molecule has 3 rings (SSSR count). The molecule has 0 atom stereocenters. The molecule has 1 fully saturated rings.